The third-order valence-corrected chi connectivity index (χ3v) is 3.89. The second-order valence-corrected chi connectivity index (χ2v) is 5.42. The molecule has 2 aromatic rings. The molecule has 1 N–H and O–H groups in total. The van der Waals surface area contributed by atoms with Crippen LogP contribution in [0.1, 0.15) is 33.2 Å². The van der Waals surface area contributed by atoms with Gasteiger partial charge in [0.15, 0.2) is 0 Å². The Morgan fingerprint density at radius 3 is 2.29 bits per heavy atom. The fourth-order valence-electron chi connectivity index (χ4n) is 2.61. The zero-order valence-electron chi connectivity index (χ0n) is 12.9. The Kier molecular flexibility index (Phi) is 3.88. The van der Waals surface area contributed by atoms with Crippen LogP contribution in [0.2, 0.25) is 0 Å². The van der Waals surface area contributed by atoms with Gasteiger partial charge in [-0.25, -0.2) is 0 Å². The lowest BCUT2D eigenvalue weighted by molar-refractivity contribution is -0.119. The maximum Gasteiger partial charge on any atom is 0.262 e. The van der Waals surface area contributed by atoms with Crippen molar-refractivity contribution in [3.05, 3.63) is 65.2 Å². The Hall–Kier alpha value is -3.39. The molecule has 3 amide bonds. The van der Waals surface area contributed by atoms with Gasteiger partial charge in [-0.3, -0.25) is 19.3 Å². The van der Waals surface area contributed by atoms with Crippen molar-refractivity contribution < 1.29 is 14.4 Å². The van der Waals surface area contributed by atoms with Gasteiger partial charge in [-0.15, -0.1) is 6.42 Å². The van der Waals surface area contributed by atoms with E-state index >= 15 is 0 Å². The highest BCUT2D eigenvalue weighted by molar-refractivity contribution is 6.23. The van der Waals surface area contributed by atoms with Gasteiger partial charge in [-0.2, -0.15) is 0 Å². The number of fused-ring (bicyclic) bond motifs is 1. The minimum absolute atomic E-state index is 0.316. The minimum atomic E-state index is -0.938. The lowest BCUT2D eigenvalue weighted by Gasteiger charge is -2.21. The number of carbonyl (C=O) groups excluding carboxylic acids is 3. The summed E-state index contributed by atoms with van der Waals surface area (Å²) in [5.41, 5.74) is 1.77. The number of terminal acetylenes is 1. The summed E-state index contributed by atoms with van der Waals surface area (Å²) in [6.45, 7) is 1.52. The van der Waals surface area contributed by atoms with Crippen molar-refractivity contribution in [3.8, 4) is 12.3 Å². The predicted octanol–water partition coefficient (Wildman–Crippen LogP) is 2.29. The maximum absolute atomic E-state index is 12.4. The standard InChI is InChI=1S/C19H14N2O3/c1-3-13-7-6-8-14(11-13)20-17(22)12(2)21-18(23)15-9-4-5-10-16(15)19(21)24/h1,4-12H,2H3,(H,20,22). The molecule has 5 heteroatoms. The molecule has 0 saturated heterocycles. The number of anilines is 1. The van der Waals surface area contributed by atoms with Gasteiger partial charge in [-0.1, -0.05) is 24.1 Å². The first-order valence-corrected chi connectivity index (χ1v) is 7.37. The Bertz CT molecular complexity index is 860. The van der Waals surface area contributed by atoms with Gasteiger partial charge in [-0.05, 0) is 37.3 Å². The lowest BCUT2D eigenvalue weighted by Crippen LogP contribution is -2.45. The fraction of sp³-hybridized carbons (Fsp3) is 0.105. The minimum Gasteiger partial charge on any atom is -0.324 e. The van der Waals surface area contributed by atoms with Gasteiger partial charge < -0.3 is 5.32 Å². The third-order valence-electron chi connectivity index (χ3n) is 3.89. The SMILES string of the molecule is C#Cc1cccc(NC(=O)C(C)N2C(=O)c3ccccc3C2=O)c1. The van der Waals surface area contributed by atoms with Crippen LogP contribution in [0, 0.1) is 12.3 Å². The molecule has 1 heterocycles. The predicted molar refractivity (Wildman–Crippen MR) is 89.4 cm³/mol. The van der Waals surface area contributed by atoms with Gasteiger partial charge in [0.25, 0.3) is 11.8 Å². The maximum atomic E-state index is 12.4. The Morgan fingerprint density at radius 1 is 1.08 bits per heavy atom. The molecule has 118 valence electrons. The first-order valence-electron chi connectivity index (χ1n) is 7.37. The molecule has 0 radical (unpaired) electrons. The van der Waals surface area contributed by atoms with Crippen molar-refractivity contribution in [2.45, 2.75) is 13.0 Å². The molecule has 0 saturated carbocycles. The van der Waals surface area contributed by atoms with Crippen LogP contribution in [-0.4, -0.2) is 28.7 Å². The van der Waals surface area contributed by atoms with Crippen molar-refractivity contribution in [2.75, 3.05) is 5.32 Å². The Balaban J connectivity index is 1.81. The molecule has 0 fully saturated rings. The summed E-state index contributed by atoms with van der Waals surface area (Å²) in [6.07, 6.45) is 5.33. The van der Waals surface area contributed by atoms with E-state index in [4.69, 9.17) is 6.42 Å². The number of amides is 3. The van der Waals surface area contributed by atoms with Crippen LogP contribution in [0.3, 0.4) is 0 Å². The van der Waals surface area contributed by atoms with Crippen molar-refractivity contribution in [3.63, 3.8) is 0 Å². The van der Waals surface area contributed by atoms with E-state index in [-0.39, 0.29) is 0 Å². The smallest absolute Gasteiger partial charge is 0.262 e. The zero-order valence-corrected chi connectivity index (χ0v) is 12.9. The monoisotopic (exact) mass is 318 g/mol. The van der Waals surface area contributed by atoms with E-state index < -0.39 is 23.8 Å². The topological polar surface area (TPSA) is 66.5 Å². The van der Waals surface area contributed by atoms with Crippen LogP contribution in [0.4, 0.5) is 5.69 Å². The molecule has 2 aromatic carbocycles. The molecule has 0 bridgehead atoms. The van der Waals surface area contributed by atoms with Crippen LogP contribution in [-0.2, 0) is 4.79 Å². The summed E-state index contributed by atoms with van der Waals surface area (Å²) in [6, 6.07) is 12.4. The molecule has 1 atom stereocenters. The molecular weight excluding hydrogens is 304 g/mol. The number of nitrogens with one attached hydrogen (secondary N) is 1. The zero-order chi connectivity index (χ0) is 17.3. The summed E-state index contributed by atoms with van der Waals surface area (Å²) >= 11 is 0. The van der Waals surface area contributed by atoms with E-state index in [1.54, 1.807) is 48.5 Å². The lowest BCUT2D eigenvalue weighted by atomic mass is 10.1. The van der Waals surface area contributed by atoms with E-state index in [2.05, 4.69) is 11.2 Å². The van der Waals surface area contributed by atoms with Gasteiger partial charge in [0, 0.05) is 11.3 Å². The van der Waals surface area contributed by atoms with Crippen LogP contribution in [0.15, 0.2) is 48.5 Å². The molecule has 1 aliphatic rings. The van der Waals surface area contributed by atoms with Crippen molar-refractivity contribution >= 4 is 23.4 Å². The van der Waals surface area contributed by atoms with E-state index in [0.29, 0.717) is 22.4 Å². The highest BCUT2D eigenvalue weighted by Gasteiger charge is 2.40. The number of nitrogens with zero attached hydrogens (tertiary/aromatic N) is 1. The normalized spacial score (nSPS) is 14.1. The van der Waals surface area contributed by atoms with Crippen molar-refractivity contribution in [2.24, 2.45) is 0 Å². The molecule has 0 spiro atoms. The molecule has 5 nitrogen and oxygen atoms in total. The number of imide groups is 1. The van der Waals surface area contributed by atoms with E-state index in [9.17, 15) is 14.4 Å². The van der Waals surface area contributed by atoms with Crippen LogP contribution in [0.5, 0.6) is 0 Å². The van der Waals surface area contributed by atoms with Gasteiger partial charge in [0.2, 0.25) is 5.91 Å². The molecule has 0 aliphatic carbocycles. The van der Waals surface area contributed by atoms with E-state index in [0.717, 1.165) is 4.90 Å². The molecule has 1 unspecified atom stereocenters. The summed E-state index contributed by atoms with van der Waals surface area (Å²) in [4.78, 5) is 38.2. The average Bonchev–Trinajstić information content (AvgIpc) is 2.86. The first-order chi connectivity index (χ1) is 11.5. The molecule has 1 aliphatic heterocycles. The van der Waals surface area contributed by atoms with Crippen LogP contribution >= 0.6 is 0 Å². The molecule has 24 heavy (non-hydrogen) atoms. The van der Waals surface area contributed by atoms with Gasteiger partial charge >= 0.3 is 0 Å². The van der Waals surface area contributed by atoms with Crippen LogP contribution < -0.4 is 5.32 Å². The molecule has 3 rings (SSSR count). The quantitative estimate of drug-likeness (QED) is 0.697. The molecular formula is C19H14N2O3. The summed E-state index contributed by atoms with van der Waals surface area (Å²) in [5.74, 6) is 1.10. The second kappa shape index (κ2) is 6.01. The van der Waals surface area contributed by atoms with Crippen LogP contribution in [0.25, 0.3) is 0 Å². The number of rotatable bonds is 3. The average molecular weight is 318 g/mol. The second-order valence-electron chi connectivity index (χ2n) is 5.42. The Morgan fingerprint density at radius 2 is 1.71 bits per heavy atom. The fourth-order valence-corrected chi connectivity index (χ4v) is 2.61. The number of hydrogen-bond acceptors (Lipinski definition) is 3. The van der Waals surface area contributed by atoms with Crippen molar-refractivity contribution in [1.82, 2.24) is 4.90 Å². The molecule has 0 aromatic heterocycles. The van der Waals surface area contributed by atoms with E-state index in [1.807, 2.05) is 0 Å². The highest BCUT2D eigenvalue weighted by atomic mass is 16.2. The van der Waals surface area contributed by atoms with Crippen molar-refractivity contribution in [1.29, 1.82) is 0 Å². The number of benzene rings is 2. The third kappa shape index (κ3) is 2.55. The Labute approximate surface area is 139 Å². The largest absolute Gasteiger partial charge is 0.324 e. The highest BCUT2D eigenvalue weighted by Crippen LogP contribution is 2.25. The summed E-state index contributed by atoms with van der Waals surface area (Å²) < 4.78 is 0. The van der Waals surface area contributed by atoms with Gasteiger partial charge in [0.1, 0.15) is 6.04 Å². The van der Waals surface area contributed by atoms with Gasteiger partial charge in [0.05, 0.1) is 11.1 Å². The summed E-state index contributed by atoms with van der Waals surface area (Å²) in [5, 5.41) is 2.68. The van der Waals surface area contributed by atoms with E-state index in [1.165, 1.54) is 6.92 Å². The first kappa shape index (κ1) is 15.5. The summed E-state index contributed by atoms with van der Waals surface area (Å²) in [7, 11) is 0. The number of hydrogen-bond donors (Lipinski definition) is 1. The number of carbonyl (C=O) groups is 3.